The predicted octanol–water partition coefficient (Wildman–Crippen LogP) is 2.77. The minimum atomic E-state index is -0.0296. The Morgan fingerprint density at radius 3 is 2.50 bits per heavy atom. The Morgan fingerprint density at radius 1 is 1.07 bits per heavy atom. The second kappa shape index (κ2) is 9.41. The molecule has 1 fully saturated rings. The third kappa shape index (κ3) is 4.96. The lowest BCUT2D eigenvalue weighted by molar-refractivity contribution is 0.126. The van der Waals surface area contributed by atoms with Crippen LogP contribution < -0.4 is 10.1 Å². The highest BCUT2D eigenvalue weighted by molar-refractivity contribution is 5.74. The number of nitrogens with zero attached hydrogens (tertiary/aromatic N) is 4. The van der Waals surface area contributed by atoms with Gasteiger partial charge in [-0.15, -0.1) is 0 Å². The van der Waals surface area contributed by atoms with Crippen LogP contribution in [0.2, 0.25) is 0 Å². The molecular weight excluding hydrogens is 382 g/mol. The van der Waals surface area contributed by atoms with Gasteiger partial charge in [-0.25, -0.2) is 4.79 Å². The maximum Gasteiger partial charge on any atom is 0.317 e. The minimum absolute atomic E-state index is 0.0296. The lowest BCUT2D eigenvalue weighted by Gasteiger charge is -2.33. The number of carbonyl (C=O) groups excluding carboxylic acids is 1. The van der Waals surface area contributed by atoms with Crippen LogP contribution in [0, 0.1) is 0 Å². The van der Waals surface area contributed by atoms with Crippen LogP contribution in [0.4, 0.5) is 4.79 Å². The van der Waals surface area contributed by atoms with Crippen LogP contribution in [-0.2, 0) is 13.1 Å². The molecule has 0 saturated carbocycles. The molecule has 1 aliphatic heterocycles. The van der Waals surface area contributed by atoms with Crippen LogP contribution in [-0.4, -0.2) is 59.3 Å². The molecule has 30 heavy (non-hydrogen) atoms. The van der Waals surface area contributed by atoms with E-state index < -0.39 is 0 Å². The topological polar surface area (TPSA) is 83.7 Å². The monoisotopic (exact) mass is 407 g/mol. The van der Waals surface area contributed by atoms with Gasteiger partial charge in [-0.05, 0) is 29.8 Å². The summed E-state index contributed by atoms with van der Waals surface area (Å²) in [6, 6.07) is 17.4. The SMILES string of the molecule is COc1ccc(-c2noc(CN3CCN(C(=O)NCc4ccccc4)CC3)n2)cc1. The molecule has 0 atom stereocenters. The molecule has 0 aliphatic carbocycles. The zero-order valence-corrected chi connectivity index (χ0v) is 17.0. The number of ether oxygens (including phenoxy) is 1. The molecule has 0 unspecified atom stereocenters. The van der Waals surface area contributed by atoms with Crippen molar-refractivity contribution < 1.29 is 14.1 Å². The quantitative estimate of drug-likeness (QED) is 0.677. The first-order chi connectivity index (χ1) is 14.7. The van der Waals surface area contributed by atoms with E-state index in [4.69, 9.17) is 9.26 Å². The van der Waals surface area contributed by atoms with Crippen molar-refractivity contribution in [3.05, 3.63) is 66.1 Å². The van der Waals surface area contributed by atoms with E-state index in [2.05, 4.69) is 20.4 Å². The van der Waals surface area contributed by atoms with Gasteiger partial charge in [0.2, 0.25) is 11.7 Å². The maximum absolute atomic E-state index is 12.4. The summed E-state index contributed by atoms with van der Waals surface area (Å²) in [5, 5.41) is 7.06. The second-order valence-electron chi connectivity index (χ2n) is 7.15. The molecule has 2 aromatic carbocycles. The third-order valence-corrected chi connectivity index (χ3v) is 5.12. The number of amides is 2. The van der Waals surface area contributed by atoms with E-state index in [0.717, 1.165) is 30.0 Å². The third-order valence-electron chi connectivity index (χ3n) is 5.12. The number of rotatable bonds is 6. The van der Waals surface area contributed by atoms with Gasteiger partial charge in [-0.2, -0.15) is 4.98 Å². The van der Waals surface area contributed by atoms with E-state index in [-0.39, 0.29) is 6.03 Å². The van der Waals surface area contributed by atoms with Crippen molar-refractivity contribution in [3.63, 3.8) is 0 Å². The first kappa shape index (κ1) is 19.9. The first-order valence-electron chi connectivity index (χ1n) is 9.97. The molecule has 2 amide bonds. The molecule has 2 heterocycles. The number of hydrogen-bond donors (Lipinski definition) is 1. The van der Waals surface area contributed by atoms with Gasteiger partial charge in [0, 0.05) is 38.3 Å². The number of hydrogen-bond acceptors (Lipinski definition) is 6. The van der Waals surface area contributed by atoms with Crippen LogP contribution >= 0.6 is 0 Å². The van der Waals surface area contributed by atoms with Gasteiger partial charge in [-0.3, -0.25) is 4.90 Å². The number of carbonyl (C=O) groups is 1. The maximum atomic E-state index is 12.4. The zero-order chi connectivity index (χ0) is 20.8. The molecule has 1 N–H and O–H groups in total. The van der Waals surface area contributed by atoms with Crippen molar-refractivity contribution in [3.8, 4) is 17.1 Å². The summed E-state index contributed by atoms with van der Waals surface area (Å²) < 4.78 is 10.6. The van der Waals surface area contributed by atoms with Gasteiger partial charge in [0.05, 0.1) is 13.7 Å². The average molecular weight is 407 g/mol. The summed E-state index contributed by atoms with van der Waals surface area (Å²) in [5.41, 5.74) is 1.97. The van der Waals surface area contributed by atoms with Gasteiger partial charge in [0.1, 0.15) is 5.75 Å². The Kier molecular flexibility index (Phi) is 6.24. The van der Waals surface area contributed by atoms with E-state index in [0.29, 0.717) is 37.9 Å². The molecule has 3 aromatic rings. The molecule has 4 rings (SSSR count). The predicted molar refractivity (Wildman–Crippen MR) is 112 cm³/mol. The highest BCUT2D eigenvalue weighted by Crippen LogP contribution is 2.20. The van der Waals surface area contributed by atoms with Crippen LogP contribution in [0.25, 0.3) is 11.4 Å². The zero-order valence-electron chi connectivity index (χ0n) is 17.0. The molecule has 0 radical (unpaired) electrons. The highest BCUT2D eigenvalue weighted by Gasteiger charge is 2.22. The van der Waals surface area contributed by atoms with E-state index in [1.807, 2.05) is 59.5 Å². The largest absolute Gasteiger partial charge is 0.497 e. The van der Waals surface area contributed by atoms with Crippen LogP contribution in [0.3, 0.4) is 0 Å². The minimum Gasteiger partial charge on any atom is -0.497 e. The molecule has 8 heteroatoms. The van der Waals surface area contributed by atoms with Gasteiger partial charge in [0.15, 0.2) is 0 Å². The van der Waals surface area contributed by atoms with E-state index in [1.54, 1.807) is 7.11 Å². The number of nitrogens with one attached hydrogen (secondary N) is 1. The number of methoxy groups -OCH3 is 1. The van der Waals surface area contributed by atoms with Crippen molar-refractivity contribution in [2.24, 2.45) is 0 Å². The van der Waals surface area contributed by atoms with Crippen molar-refractivity contribution in [2.75, 3.05) is 33.3 Å². The summed E-state index contributed by atoms with van der Waals surface area (Å²) in [6.45, 7) is 3.97. The van der Waals surface area contributed by atoms with E-state index in [1.165, 1.54) is 0 Å². The average Bonchev–Trinajstić information content (AvgIpc) is 3.27. The lowest BCUT2D eigenvalue weighted by atomic mass is 10.2. The number of aromatic nitrogens is 2. The fourth-order valence-corrected chi connectivity index (χ4v) is 3.36. The normalized spacial score (nSPS) is 14.5. The second-order valence-corrected chi connectivity index (χ2v) is 7.15. The molecule has 1 aliphatic rings. The van der Waals surface area contributed by atoms with Crippen molar-refractivity contribution in [1.82, 2.24) is 25.3 Å². The van der Waals surface area contributed by atoms with E-state index >= 15 is 0 Å². The Hall–Kier alpha value is -3.39. The van der Waals surface area contributed by atoms with Crippen LogP contribution in [0.5, 0.6) is 5.75 Å². The summed E-state index contributed by atoms with van der Waals surface area (Å²) in [4.78, 5) is 20.9. The van der Waals surface area contributed by atoms with Gasteiger partial charge >= 0.3 is 6.03 Å². The summed E-state index contributed by atoms with van der Waals surface area (Å²) in [6.07, 6.45) is 0. The van der Waals surface area contributed by atoms with Gasteiger partial charge in [0.25, 0.3) is 0 Å². The fourth-order valence-electron chi connectivity index (χ4n) is 3.36. The summed E-state index contributed by atoms with van der Waals surface area (Å²) >= 11 is 0. The standard InChI is InChI=1S/C22H25N5O3/c1-29-19-9-7-18(8-10-19)21-24-20(30-25-21)16-26-11-13-27(14-12-26)22(28)23-15-17-5-3-2-4-6-17/h2-10H,11-16H2,1H3,(H,23,28). The molecule has 1 aromatic heterocycles. The van der Waals surface area contributed by atoms with Crippen molar-refractivity contribution in [1.29, 1.82) is 0 Å². The van der Waals surface area contributed by atoms with Crippen LogP contribution in [0.1, 0.15) is 11.5 Å². The molecule has 0 spiro atoms. The van der Waals surface area contributed by atoms with Crippen molar-refractivity contribution >= 4 is 6.03 Å². The van der Waals surface area contributed by atoms with Crippen LogP contribution in [0.15, 0.2) is 59.1 Å². The molecule has 1 saturated heterocycles. The van der Waals surface area contributed by atoms with Gasteiger partial charge in [-0.1, -0.05) is 35.5 Å². The number of piperazine rings is 1. The number of benzene rings is 2. The Bertz CT molecular complexity index is 950. The molecular formula is C22H25N5O3. The molecule has 0 bridgehead atoms. The molecule has 8 nitrogen and oxygen atoms in total. The smallest absolute Gasteiger partial charge is 0.317 e. The van der Waals surface area contributed by atoms with Crippen molar-refractivity contribution in [2.45, 2.75) is 13.1 Å². The number of urea groups is 1. The first-order valence-corrected chi connectivity index (χ1v) is 9.97. The summed E-state index contributed by atoms with van der Waals surface area (Å²) in [7, 11) is 1.63. The van der Waals surface area contributed by atoms with Gasteiger partial charge < -0.3 is 19.5 Å². The van der Waals surface area contributed by atoms with E-state index in [9.17, 15) is 4.79 Å². The Labute approximate surface area is 175 Å². The Balaban J connectivity index is 1.24. The summed E-state index contributed by atoms with van der Waals surface area (Å²) in [5.74, 6) is 1.92. The highest BCUT2D eigenvalue weighted by atomic mass is 16.5. The molecule has 156 valence electrons. The lowest BCUT2D eigenvalue weighted by Crippen LogP contribution is -2.51. The fraction of sp³-hybridized carbons (Fsp3) is 0.318. The Morgan fingerprint density at radius 2 is 1.80 bits per heavy atom.